The zero-order chi connectivity index (χ0) is 36.1. The number of hydrogen-bond acceptors (Lipinski definition) is 10. The first-order valence-corrected chi connectivity index (χ1v) is 18.7. The van der Waals surface area contributed by atoms with Crippen molar-refractivity contribution in [1.82, 2.24) is 20.2 Å². The normalized spacial score (nSPS) is 21.4. The lowest BCUT2D eigenvalue weighted by molar-refractivity contribution is -0.167. The zero-order valence-electron chi connectivity index (χ0n) is 29.5. The lowest BCUT2D eigenvalue weighted by atomic mass is 9.69. The SMILES string of the molecule is O=C(OCCCc1cccc(C2(C(=O)O[C@H]3CN4CCC3CC4)CCCCC2)c1)c1ccc(CNC[C@H](O)c2ccc(O)c3[nH]c(=O)ccc23)nc1. The number of pyridine rings is 2. The van der Waals surface area contributed by atoms with Gasteiger partial charge in [0.05, 0.1) is 34.9 Å². The summed E-state index contributed by atoms with van der Waals surface area (Å²) in [5, 5.41) is 24.6. The van der Waals surface area contributed by atoms with Crippen molar-refractivity contribution in [1.29, 1.82) is 0 Å². The number of fused-ring (bicyclic) bond motifs is 4. The number of aryl methyl sites for hydroxylation is 1. The number of benzene rings is 2. The second-order valence-corrected chi connectivity index (χ2v) is 14.6. The van der Waals surface area contributed by atoms with Crippen LogP contribution in [-0.2, 0) is 32.6 Å². The van der Waals surface area contributed by atoms with Crippen molar-refractivity contribution in [3.8, 4) is 5.75 Å². The van der Waals surface area contributed by atoms with Crippen LogP contribution in [0.4, 0.5) is 0 Å². The molecule has 0 unspecified atom stereocenters. The van der Waals surface area contributed by atoms with E-state index in [1.165, 1.54) is 18.3 Å². The molecule has 0 radical (unpaired) electrons. The fraction of sp³-hybridized carbons (Fsp3) is 0.463. The number of nitrogens with zero attached hydrogens (tertiary/aromatic N) is 2. The molecule has 5 heterocycles. The molecule has 11 nitrogen and oxygen atoms in total. The average molecular weight is 709 g/mol. The molecule has 2 aromatic heterocycles. The number of carbonyl (C=O) groups excluding carboxylic acids is 2. The third-order valence-electron chi connectivity index (χ3n) is 11.2. The van der Waals surface area contributed by atoms with Crippen LogP contribution in [0.15, 0.2) is 71.7 Å². The van der Waals surface area contributed by atoms with E-state index >= 15 is 0 Å². The smallest absolute Gasteiger partial charge is 0.339 e. The van der Waals surface area contributed by atoms with Gasteiger partial charge in [-0.3, -0.25) is 19.5 Å². The summed E-state index contributed by atoms with van der Waals surface area (Å²) in [4.78, 5) is 47.8. The molecule has 2 bridgehead atoms. The minimum Gasteiger partial charge on any atom is -0.506 e. The lowest BCUT2D eigenvalue weighted by Gasteiger charge is -2.45. The molecule has 3 saturated heterocycles. The molecule has 4 aromatic rings. The number of aromatic nitrogens is 2. The maximum Gasteiger partial charge on any atom is 0.339 e. The number of piperidine rings is 3. The Kier molecular flexibility index (Phi) is 11.0. The highest BCUT2D eigenvalue weighted by atomic mass is 16.5. The summed E-state index contributed by atoms with van der Waals surface area (Å²) in [5.74, 6) is -0.0697. The topological polar surface area (TPSA) is 154 Å². The second kappa shape index (κ2) is 16.0. The van der Waals surface area contributed by atoms with Crippen molar-refractivity contribution in [2.75, 3.05) is 32.8 Å². The quantitative estimate of drug-likeness (QED) is 0.109. The Bertz CT molecular complexity index is 1930. The predicted octanol–water partition coefficient (Wildman–Crippen LogP) is 5.08. The van der Waals surface area contributed by atoms with Gasteiger partial charge in [-0.05, 0) is 98.5 Å². The molecule has 1 saturated carbocycles. The van der Waals surface area contributed by atoms with Gasteiger partial charge in [0, 0.05) is 37.3 Å². The van der Waals surface area contributed by atoms with Crippen LogP contribution in [0.3, 0.4) is 0 Å². The number of aliphatic hydroxyl groups is 1. The number of esters is 2. The Morgan fingerprint density at radius 3 is 2.62 bits per heavy atom. The average Bonchev–Trinajstić information content (AvgIpc) is 3.18. The van der Waals surface area contributed by atoms with E-state index in [-0.39, 0.29) is 42.1 Å². The Labute approximate surface area is 303 Å². The maximum atomic E-state index is 13.9. The van der Waals surface area contributed by atoms with Gasteiger partial charge in [0.25, 0.3) is 0 Å². The number of ether oxygens (including phenoxy) is 2. The van der Waals surface area contributed by atoms with Crippen LogP contribution in [0, 0.1) is 5.92 Å². The largest absolute Gasteiger partial charge is 0.506 e. The third-order valence-corrected chi connectivity index (χ3v) is 11.2. The highest BCUT2D eigenvalue weighted by Crippen LogP contribution is 2.42. The molecule has 2 atom stereocenters. The number of aliphatic hydroxyl groups excluding tert-OH is 1. The lowest BCUT2D eigenvalue weighted by Crippen LogP contribution is -2.53. The van der Waals surface area contributed by atoms with Gasteiger partial charge >= 0.3 is 11.9 Å². The second-order valence-electron chi connectivity index (χ2n) is 14.6. The Hall–Kier alpha value is -4.58. The van der Waals surface area contributed by atoms with E-state index in [1.54, 1.807) is 24.3 Å². The first-order chi connectivity index (χ1) is 25.3. The fourth-order valence-electron chi connectivity index (χ4n) is 8.26. The molecule has 4 N–H and O–H groups in total. The Balaban J connectivity index is 0.878. The monoisotopic (exact) mass is 708 g/mol. The molecule has 0 spiro atoms. The predicted molar refractivity (Wildman–Crippen MR) is 196 cm³/mol. The van der Waals surface area contributed by atoms with Crippen LogP contribution in [0.5, 0.6) is 5.75 Å². The van der Waals surface area contributed by atoms with Crippen LogP contribution in [0.25, 0.3) is 10.9 Å². The number of hydrogen-bond donors (Lipinski definition) is 4. The van der Waals surface area contributed by atoms with E-state index in [0.29, 0.717) is 41.1 Å². The molecular weight excluding hydrogens is 660 g/mol. The van der Waals surface area contributed by atoms with E-state index in [1.807, 2.05) is 6.07 Å². The van der Waals surface area contributed by atoms with Crippen LogP contribution >= 0.6 is 0 Å². The molecule has 2 aromatic carbocycles. The van der Waals surface area contributed by atoms with E-state index in [0.717, 1.165) is 82.1 Å². The van der Waals surface area contributed by atoms with E-state index in [2.05, 4.69) is 38.4 Å². The standard InChI is InChI=1S/C41H48N4O7/c46-34-13-11-32(33-12-14-37(48)44-38(33)34)35(47)25-42-24-31-10-9-29(23-43-31)39(49)51-21-5-7-27-6-4-8-30(22-27)41(17-2-1-3-18-41)40(50)52-36-26-45-19-15-28(36)16-20-45/h4,6,8-14,22-23,28,35-36,42,46-47H,1-3,5,7,15-21,24-26H2,(H,44,48)/t35-,36-/m0/s1. The van der Waals surface area contributed by atoms with Crippen LogP contribution < -0.4 is 10.9 Å². The molecule has 52 heavy (non-hydrogen) atoms. The van der Waals surface area contributed by atoms with E-state index < -0.39 is 17.5 Å². The summed E-state index contributed by atoms with van der Waals surface area (Å²) in [6, 6.07) is 17.8. The summed E-state index contributed by atoms with van der Waals surface area (Å²) in [5.41, 5.74) is 3.14. The van der Waals surface area contributed by atoms with Crippen LogP contribution in [-0.4, -0.2) is 75.9 Å². The number of carbonyl (C=O) groups is 2. The Morgan fingerprint density at radius 2 is 1.87 bits per heavy atom. The van der Waals surface area contributed by atoms with Crippen LogP contribution in [0.2, 0.25) is 0 Å². The number of phenols is 1. The molecule has 11 heteroatoms. The minimum atomic E-state index is -0.893. The molecule has 4 fully saturated rings. The summed E-state index contributed by atoms with van der Waals surface area (Å²) >= 11 is 0. The molecular formula is C41H48N4O7. The van der Waals surface area contributed by atoms with E-state index in [4.69, 9.17) is 9.47 Å². The highest BCUT2D eigenvalue weighted by Gasteiger charge is 2.46. The summed E-state index contributed by atoms with van der Waals surface area (Å²) < 4.78 is 11.9. The maximum absolute atomic E-state index is 13.9. The summed E-state index contributed by atoms with van der Waals surface area (Å²) in [6.45, 7) is 3.92. The molecule has 1 aliphatic carbocycles. The van der Waals surface area contributed by atoms with Gasteiger partial charge in [-0.25, -0.2) is 4.79 Å². The number of H-pyrrole nitrogens is 1. The molecule has 4 aliphatic rings. The van der Waals surface area contributed by atoms with Gasteiger partial charge in [-0.15, -0.1) is 0 Å². The minimum absolute atomic E-state index is 0.00301. The number of rotatable bonds is 13. The molecule has 8 rings (SSSR count). The zero-order valence-corrected chi connectivity index (χ0v) is 29.5. The van der Waals surface area contributed by atoms with Gasteiger partial charge in [0.15, 0.2) is 0 Å². The number of nitrogens with one attached hydrogen (secondary N) is 2. The van der Waals surface area contributed by atoms with Gasteiger partial charge in [-0.1, -0.05) is 49.6 Å². The highest BCUT2D eigenvalue weighted by molar-refractivity contribution is 5.89. The van der Waals surface area contributed by atoms with Gasteiger partial charge in [0.2, 0.25) is 5.56 Å². The van der Waals surface area contributed by atoms with E-state index in [9.17, 15) is 24.6 Å². The van der Waals surface area contributed by atoms with Crippen molar-refractivity contribution in [2.45, 2.75) is 82.0 Å². The molecule has 274 valence electrons. The van der Waals surface area contributed by atoms with Gasteiger partial charge in [0.1, 0.15) is 11.9 Å². The van der Waals surface area contributed by atoms with Gasteiger partial charge in [-0.2, -0.15) is 0 Å². The molecule has 0 amide bonds. The number of phenolic OH excluding ortho intramolecular Hbond substituents is 1. The Morgan fingerprint density at radius 1 is 1.04 bits per heavy atom. The third kappa shape index (κ3) is 7.91. The number of aromatic hydroxyl groups is 1. The fourth-order valence-corrected chi connectivity index (χ4v) is 8.26. The van der Waals surface area contributed by atoms with Crippen molar-refractivity contribution >= 4 is 22.8 Å². The summed E-state index contributed by atoms with van der Waals surface area (Å²) in [7, 11) is 0. The van der Waals surface area contributed by atoms with Crippen molar-refractivity contribution in [3.63, 3.8) is 0 Å². The van der Waals surface area contributed by atoms with Gasteiger partial charge < -0.3 is 30.0 Å². The number of aromatic amines is 1. The van der Waals surface area contributed by atoms with Crippen molar-refractivity contribution in [3.05, 3.63) is 105 Å². The molecule has 3 aliphatic heterocycles. The van der Waals surface area contributed by atoms with Crippen LogP contribution in [0.1, 0.15) is 90.2 Å². The van der Waals surface area contributed by atoms with Crippen molar-refractivity contribution < 1.29 is 29.3 Å². The summed E-state index contributed by atoms with van der Waals surface area (Å²) in [6.07, 6.45) is 9.03. The first kappa shape index (κ1) is 35.8. The first-order valence-electron chi connectivity index (χ1n) is 18.7. The van der Waals surface area contributed by atoms with Crippen molar-refractivity contribution in [2.24, 2.45) is 5.92 Å².